The zero-order valence-corrected chi connectivity index (χ0v) is 14.8. The van der Waals surface area contributed by atoms with Crippen LogP contribution in [0, 0.1) is 11.8 Å². The highest BCUT2D eigenvalue weighted by Crippen LogP contribution is 2.38. The first-order valence-electron chi connectivity index (χ1n) is 9.77. The standard InChI is InChI=1S/C19H30N2O3/c1-13(17(22)20-14-9-5-3-2-4-6-10-14)21-18(23)15-11-7-8-12-16(15)19(21)24/h13-16H,2-12H2,1H3,(H,20,22). The van der Waals surface area contributed by atoms with Crippen molar-refractivity contribution in [1.29, 1.82) is 0 Å². The van der Waals surface area contributed by atoms with Crippen molar-refractivity contribution in [1.82, 2.24) is 10.2 Å². The Bertz CT molecular complexity index is 473. The summed E-state index contributed by atoms with van der Waals surface area (Å²) in [4.78, 5) is 39.1. The molecule has 134 valence electrons. The minimum Gasteiger partial charge on any atom is -0.352 e. The number of nitrogens with zero attached hydrogens (tertiary/aromatic N) is 1. The maximum Gasteiger partial charge on any atom is 0.243 e. The zero-order chi connectivity index (χ0) is 17.1. The highest BCUT2D eigenvalue weighted by atomic mass is 16.2. The fourth-order valence-electron chi connectivity index (χ4n) is 4.61. The number of fused-ring (bicyclic) bond motifs is 1. The van der Waals surface area contributed by atoms with Crippen molar-refractivity contribution in [2.24, 2.45) is 11.8 Å². The van der Waals surface area contributed by atoms with Crippen LogP contribution in [0.4, 0.5) is 0 Å². The summed E-state index contributed by atoms with van der Waals surface area (Å²) in [5.74, 6) is -0.762. The van der Waals surface area contributed by atoms with E-state index in [0.29, 0.717) is 0 Å². The van der Waals surface area contributed by atoms with Gasteiger partial charge in [-0.1, -0.05) is 44.9 Å². The minimum atomic E-state index is -0.680. The maximum absolute atomic E-state index is 12.6. The van der Waals surface area contributed by atoms with E-state index in [1.807, 2.05) is 0 Å². The number of hydrogen-bond donors (Lipinski definition) is 1. The van der Waals surface area contributed by atoms with Gasteiger partial charge in [0.1, 0.15) is 6.04 Å². The molecule has 0 spiro atoms. The first-order valence-corrected chi connectivity index (χ1v) is 9.77. The molecule has 3 atom stereocenters. The van der Waals surface area contributed by atoms with Gasteiger partial charge < -0.3 is 5.32 Å². The van der Waals surface area contributed by atoms with Gasteiger partial charge in [-0.25, -0.2) is 0 Å². The number of nitrogens with one attached hydrogen (secondary N) is 1. The predicted octanol–water partition coefficient (Wildman–Crippen LogP) is 2.78. The molecule has 2 saturated carbocycles. The van der Waals surface area contributed by atoms with Crippen LogP contribution in [0.15, 0.2) is 0 Å². The Morgan fingerprint density at radius 2 is 1.33 bits per heavy atom. The van der Waals surface area contributed by atoms with Gasteiger partial charge in [0.05, 0.1) is 11.8 Å². The number of carbonyl (C=O) groups is 3. The number of imide groups is 1. The SMILES string of the molecule is CC(C(=O)NC1CCCCCCC1)N1C(=O)C2CCCCC2C1=O. The van der Waals surface area contributed by atoms with Gasteiger partial charge in [0, 0.05) is 6.04 Å². The van der Waals surface area contributed by atoms with Crippen molar-refractivity contribution in [2.45, 2.75) is 89.6 Å². The molecule has 3 fully saturated rings. The summed E-state index contributed by atoms with van der Waals surface area (Å²) in [5, 5.41) is 3.10. The quantitative estimate of drug-likeness (QED) is 0.807. The summed E-state index contributed by atoms with van der Waals surface area (Å²) in [6, 6.07) is -0.489. The average Bonchev–Trinajstić information content (AvgIpc) is 2.81. The second-order valence-corrected chi connectivity index (χ2v) is 7.77. The van der Waals surface area contributed by atoms with E-state index in [4.69, 9.17) is 0 Å². The third kappa shape index (κ3) is 3.50. The van der Waals surface area contributed by atoms with Gasteiger partial charge in [-0.05, 0) is 32.6 Å². The van der Waals surface area contributed by atoms with Crippen LogP contribution in [0.1, 0.15) is 77.6 Å². The second-order valence-electron chi connectivity index (χ2n) is 7.77. The molecular weight excluding hydrogens is 304 g/mol. The van der Waals surface area contributed by atoms with E-state index in [-0.39, 0.29) is 35.6 Å². The fourth-order valence-corrected chi connectivity index (χ4v) is 4.61. The van der Waals surface area contributed by atoms with Crippen molar-refractivity contribution in [2.75, 3.05) is 0 Å². The van der Waals surface area contributed by atoms with E-state index in [1.165, 1.54) is 24.2 Å². The van der Waals surface area contributed by atoms with Gasteiger partial charge in [-0.2, -0.15) is 0 Å². The van der Waals surface area contributed by atoms with Crippen LogP contribution in [-0.2, 0) is 14.4 Å². The number of amides is 3. The summed E-state index contributed by atoms with van der Waals surface area (Å²) in [7, 11) is 0. The number of likely N-dealkylation sites (tertiary alicyclic amines) is 1. The Kier molecular flexibility index (Phi) is 5.57. The maximum atomic E-state index is 12.6. The van der Waals surface area contributed by atoms with Crippen LogP contribution in [0.3, 0.4) is 0 Å². The Balaban J connectivity index is 1.62. The first kappa shape index (κ1) is 17.4. The van der Waals surface area contributed by atoms with Crippen molar-refractivity contribution >= 4 is 17.7 Å². The molecule has 1 aliphatic heterocycles. The summed E-state index contributed by atoms with van der Waals surface area (Å²) in [5.41, 5.74) is 0. The Morgan fingerprint density at radius 1 is 0.875 bits per heavy atom. The van der Waals surface area contributed by atoms with Gasteiger partial charge >= 0.3 is 0 Å². The van der Waals surface area contributed by atoms with Crippen LogP contribution in [0.25, 0.3) is 0 Å². The largest absolute Gasteiger partial charge is 0.352 e. The third-order valence-electron chi connectivity index (χ3n) is 6.09. The molecule has 2 aliphatic carbocycles. The van der Waals surface area contributed by atoms with Crippen molar-refractivity contribution < 1.29 is 14.4 Å². The molecule has 1 N–H and O–H groups in total. The Hall–Kier alpha value is -1.39. The lowest BCUT2D eigenvalue weighted by Gasteiger charge is -2.26. The molecule has 1 heterocycles. The van der Waals surface area contributed by atoms with Gasteiger partial charge in [0.15, 0.2) is 0 Å². The number of rotatable bonds is 3. The lowest BCUT2D eigenvalue weighted by atomic mass is 9.81. The topological polar surface area (TPSA) is 66.5 Å². The van der Waals surface area contributed by atoms with Crippen LogP contribution >= 0.6 is 0 Å². The molecule has 5 nitrogen and oxygen atoms in total. The van der Waals surface area contributed by atoms with Crippen LogP contribution in [-0.4, -0.2) is 34.7 Å². The monoisotopic (exact) mass is 334 g/mol. The van der Waals surface area contributed by atoms with Gasteiger partial charge in [-0.3, -0.25) is 19.3 Å². The highest BCUT2D eigenvalue weighted by Gasteiger charge is 2.50. The van der Waals surface area contributed by atoms with Crippen molar-refractivity contribution in [3.05, 3.63) is 0 Å². The minimum absolute atomic E-state index is 0.120. The van der Waals surface area contributed by atoms with E-state index in [1.54, 1.807) is 6.92 Å². The van der Waals surface area contributed by atoms with Crippen molar-refractivity contribution in [3.63, 3.8) is 0 Å². The number of hydrogen-bond acceptors (Lipinski definition) is 3. The van der Waals surface area contributed by atoms with Gasteiger partial charge in [0.25, 0.3) is 0 Å². The van der Waals surface area contributed by atoms with Crippen LogP contribution < -0.4 is 5.32 Å². The molecule has 0 aromatic heterocycles. The molecule has 3 amide bonds. The second kappa shape index (κ2) is 7.66. The average molecular weight is 334 g/mol. The normalized spacial score (nSPS) is 30.5. The molecule has 3 rings (SSSR count). The molecule has 3 aliphatic rings. The summed E-state index contributed by atoms with van der Waals surface area (Å²) >= 11 is 0. The van der Waals surface area contributed by atoms with Crippen LogP contribution in [0.2, 0.25) is 0 Å². The smallest absolute Gasteiger partial charge is 0.243 e. The number of carbonyl (C=O) groups excluding carboxylic acids is 3. The summed E-state index contributed by atoms with van der Waals surface area (Å²) < 4.78 is 0. The van der Waals surface area contributed by atoms with E-state index in [9.17, 15) is 14.4 Å². The van der Waals surface area contributed by atoms with E-state index in [2.05, 4.69) is 5.32 Å². The summed E-state index contributed by atoms with van der Waals surface area (Å²) in [6.45, 7) is 1.70. The Morgan fingerprint density at radius 3 is 1.88 bits per heavy atom. The van der Waals surface area contributed by atoms with E-state index >= 15 is 0 Å². The fraction of sp³-hybridized carbons (Fsp3) is 0.842. The molecule has 5 heteroatoms. The zero-order valence-electron chi connectivity index (χ0n) is 14.8. The molecule has 0 bridgehead atoms. The van der Waals surface area contributed by atoms with E-state index < -0.39 is 6.04 Å². The van der Waals surface area contributed by atoms with E-state index in [0.717, 1.165) is 51.4 Å². The first-order chi connectivity index (χ1) is 11.6. The van der Waals surface area contributed by atoms with Gasteiger partial charge in [0.2, 0.25) is 17.7 Å². The lowest BCUT2D eigenvalue weighted by molar-refractivity contribution is -0.147. The van der Waals surface area contributed by atoms with Crippen LogP contribution in [0.5, 0.6) is 0 Å². The molecule has 24 heavy (non-hydrogen) atoms. The lowest BCUT2D eigenvalue weighted by Crippen LogP contribution is -2.50. The molecule has 1 saturated heterocycles. The Labute approximate surface area is 144 Å². The molecule has 0 aromatic rings. The molecule has 3 unspecified atom stereocenters. The summed E-state index contributed by atoms with van der Waals surface area (Å²) in [6.07, 6.45) is 11.7. The molecule has 0 radical (unpaired) electrons. The molecular formula is C19H30N2O3. The molecule has 0 aromatic carbocycles. The predicted molar refractivity (Wildman–Crippen MR) is 91.0 cm³/mol. The van der Waals surface area contributed by atoms with Gasteiger partial charge in [-0.15, -0.1) is 0 Å². The van der Waals surface area contributed by atoms with Crippen molar-refractivity contribution in [3.8, 4) is 0 Å². The highest BCUT2D eigenvalue weighted by molar-refractivity contribution is 6.08. The third-order valence-corrected chi connectivity index (χ3v) is 6.09.